The predicted molar refractivity (Wildman–Crippen MR) is 106 cm³/mol. The van der Waals surface area contributed by atoms with Crippen LogP contribution in [0, 0.1) is 0 Å². The van der Waals surface area contributed by atoms with Gasteiger partial charge < -0.3 is 20.3 Å². The molecule has 2 aromatic rings. The summed E-state index contributed by atoms with van der Waals surface area (Å²) in [5, 5.41) is 6.47. The number of ether oxygens (including phenoxy) is 1. The summed E-state index contributed by atoms with van der Waals surface area (Å²) >= 11 is 0. The summed E-state index contributed by atoms with van der Waals surface area (Å²) in [6.07, 6.45) is 0.439. The highest BCUT2D eigenvalue weighted by molar-refractivity contribution is 5.77. The van der Waals surface area contributed by atoms with Crippen molar-refractivity contribution in [1.29, 1.82) is 0 Å². The van der Waals surface area contributed by atoms with Crippen LogP contribution in [0.3, 0.4) is 0 Å². The van der Waals surface area contributed by atoms with Gasteiger partial charge in [-0.2, -0.15) is 0 Å². The Hall–Kier alpha value is -2.53. The summed E-state index contributed by atoms with van der Waals surface area (Å²) in [6.45, 7) is 5.92. The zero-order valence-electron chi connectivity index (χ0n) is 15.3. The fourth-order valence-electron chi connectivity index (χ4n) is 3.15. The molecule has 0 saturated carbocycles. The molecule has 3 rings (SSSR count). The topological polar surface area (TPSA) is 53.6 Å². The highest BCUT2D eigenvalue weighted by atomic mass is 16.5. The van der Waals surface area contributed by atoms with Crippen molar-refractivity contribution in [1.82, 2.24) is 5.32 Å². The number of anilines is 2. The van der Waals surface area contributed by atoms with E-state index in [1.165, 1.54) is 5.69 Å². The van der Waals surface area contributed by atoms with Crippen molar-refractivity contribution >= 4 is 17.3 Å². The van der Waals surface area contributed by atoms with Gasteiger partial charge in [0.15, 0.2) is 0 Å². The Bertz CT molecular complexity index is 699. The predicted octanol–water partition coefficient (Wildman–Crippen LogP) is 3.20. The second kappa shape index (κ2) is 9.25. The minimum absolute atomic E-state index is 0.0179. The summed E-state index contributed by atoms with van der Waals surface area (Å²) in [4.78, 5) is 14.5. The molecule has 1 atom stereocenters. The molecular formula is C21H27N3O2. The molecule has 1 amide bonds. The Morgan fingerprint density at radius 2 is 1.77 bits per heavy atom. The van der Waals surface area contributed by atoms with E-state index in [0.29, 0.717) is 13.0 Å². The van der Waals surface area contributed by atoms with Gasteiger partial charge in [0.2, 0.25) is 5.91 Å². The Balaban J connectivity index is 1.49. The molecule has 1 heterocycles. The van der Waals surface area contributed by atoms with E-state index in [1.807, 2.05) is 49.4 Å². The molecule has 0 aromatic heterocycles. The average molecular weight is 353 g/mol. The fraction of sp³-hybridized carbons (Fsp3) is 0.381. The first kappa shape index (κ1) is 18.3. The second-order valence-corrected chi connectivity index (χ2v) is 6.49. The first-order chi connectivity index (χ1) is 12.7. The van der Waals surface area contributed by atoms with Gasteiger partial charge in [-0.05, 0) is 24.6 Å². The highest BCUT2D eigenvalue weighted by Crippen LogP contribution is 2.26. The smallest absolute Gasteiger partial charge is 0.222 e. The second-order valence-electron chi connectivity index (χ2n) is 6.49. The van der Waals surface area contributed by atoms with Gasteiger partial charge >= 0.3 is 0 Å². The largest absolute Gasteiger partial charge is 0.383 e. The van der Waals surface area contributed by atoms with Gasteiger partial charge in [-0.3, -0.25) is 4.79 Å². The Morgan fingerprint density at radius 3 is 2.54 bits per heavy atom. The minimum atomic E-state index is 0.0179. The van der Waals surface area contributed by atoms with Crippen LogP contribution < -0.4 is 15.5 Å². The Morgan fingerprint density at radius 1 is 1.08 bits per heavy atom. The fourth-order valence-corrected chi connectivity index (χ4v) is 3.15. The van der Waals surface area contributed by atoms with Crippen LogP contribution in [0.4, 0.5) is 11.4 Å². The van der Waals surface area contributed by atoms with E-state index in [-0.39, 0.29) is 11.9 Å². The normalized spacial score (nSPS) is 15.3. The van der Waals surface area contributed by atoms with Crippen molar-refractivity contribution in [3.63, 3.8) is 0 Å². The number of nitrogens with one attached hydrogen (secondary N) is 2. The Labute approximate surface area is 155 Å². The average Bonchev–Trinajstić information content (AvgIpc) is 2.69. The lowest BCUT2D eigenvalue weighted by atomic mass is 10.1. The molecule has 2 aromatic carbocycles. The van der Waals surface area contributed by atoms with E-state index in [9.17, 15) is 4.79 Å². The summed E-state index contributed by atoms with van der Waals surface area (Å²) in [7, 11) is 0. The number of rotatable bonds is 7. The third kappa shape index (κ3) is 4.99. The SMILES string of the molecule is CC(NC(=O)CCNc1ccccc1N1CCOCC1)c1ccccc1. The molecule has 0 bridgehead atoms. The molecule has 1 aliphatic heterocycles. The quantitative estimate of drug-likeness (QED) is 0.803. The lowest BCUT2D eigenvalue weighted by Crippen LogP contribution is -2.36. The summed E-state index contributed by atoms with van der Waals surface area (Å²) in [5.74, 6) is 0.0534. The number of amides is 1. The Kier molecular flexibility index (Phi) is 6.50. The van der Waals surface area contributed by atoms with Crippen LogP contribution >= 0.6 is 0 Å². The van der Waals surface area contributed by atoms with Crippen LogP contribution in [0.25, 0.3) is 0 Å². The molecule has 1 fully saturated rings. The summed E-state index contributed by atoms with van der Waals surface area (Å²) in [5.41, 5.74) is 3.36. The van der Waals surface area contributed by atoms with Gasteiger partial charge in [0.05, 0.1) is 30.6 Å². The third-order valence-corrected chi connectivity index (χ3v) is 4.60. The zero-order chi connectivity index (χ0) is 18.2. The summed E-state index contributed by atoms with van der Waals surface area (Å²) < 4.78 is 5.43. The van der Waals surface area contributed by atoms with Gasteiger partial charge in [0, 0.05) is 26.1 Å². The molecule has 26 heavy (non-hydrogen) atoms. The van der Waals surface area contributed by atoms with E-state index in [0.717, 1.165) is 37.6 Å². The van der Waals surface area contributed by atoms with Gasteiger partial charge in [-0.25, -0.2) is 0 Å². The number of benzene rings is 2. The van der Waals surface area contributed by atoms with Crippen LogP contribution in [0.1, 0.15) is 24.9 Å². The van der Waals surface area contributed by atoms with Crippen LogP contribution in [0.2, 0.25) is 0 Å². The summed E-state index contributed by atoms with van der Waals surface area (Å²) in [6, 6.07) is 18.3. The van der Waals surface area contributed by atoms with Gasteiger partial charge in [0.1, 0.15) is 0 Å². The van der Waals surface area contributed by atoms with Crippen LogP contribution in [0.15, 0.2) is 54.6 Å². The van der Waals surface area contributed by atoms with Crippen molar-refractivity contribution in [3.05, 3.63) is 60.2 Å². The number of para-hydroxylation sites is 2. The van der Waals surface area contributed by atoms with Gasteiger partial charge in [-0.15, -0.1) is 0 Å². The van der Waals surface area contributed by atoms with Crippen molar-refractivity contribution in [3.8, 4) is 0 Å². The molecule has 1 saturated heterocycles. The molecular weight excluding hydrogens is 326 g/mol. The van der Waals surface area contributed by atoms with Crippen LogP contribution in [0.5, 0.6) is 0 Å². The molecule has 0 radical (unpaired) electrons. The minimum Gasteiger partial charge on any atom is -0.383 e. The van der Waals surface area contributed by atoms with Gasteiger partial charge in [-0.1, -0.05) is 42.5 Å². The maximum atomic E-state index is 12.2. The molecule has 1 unspecified atom stereocenters. The van der Waals surface area contributed by atoms with E-state index in [4.69, 9.17) is 4.74 Å². The molecule has 2 N–H and O–H groups in total. The van der Waals surface area contributed by atoms with Crippen molar-refractivity contribution in [2.24, 2.45) is 0 Å². The van der Waals surface area contributed by atoms with E-state index < -0.39 is 0 Å². The van der Waals surface area contributed by atoms with E-state index in [1.54, 1.807) is 0 Å². The maximum absolute atomic E-state index is 12.2. The van der Waals surface area contributed by atoms with E-state index >= 15 is 0 Å². The van der Waals surface area contributed by atoms with Crippen LogP contribution in [-0.2, 0) is 9.53 Å². The lowest BCUT2D eigenvalue weighted by Gasteiger charge is -2.30. The number of carbonyl (C=O) groups is 1. The lowest BCUT2D eigenvalue weighted by molar-refractivity contribution is -0.121. The van der Waals surface area contributed by atoms with Crippen molar-refractivity contribution < 1.29 is 9.53 Å². The molecule has 0 spiro atoms. The number of hydrogen-bond acceptors (Lipinski definition) is 4. The first-order valence-corrected chi connectivity index (χ1v) is 9.24. The molecule has 1 aliphatic rings. The standard InChI is InChI=1S/C21H27N3O2/c1-17(18-7-3-2-4-8-18)23-21(25)11-12-22-19-9-5-6-10-20(19)24-13-15-26-16-14-24/h2-10,17,22H,11-16H2,1H3,(H,23,25). The van der Waals surface area contributed by atoms with E-state index in [2.05, 4.69) is 27.7 Å². The van der Waals surface area contributed by atoms with Crippen molar-refractivity contribution in [2.45, 2.75) is 19.4 Å². The van der Waals surface area contributed by atoms with Crippen LogP contribution in [-0.4, -0.2) is 38.8 Å². The molecule has 5 nitrogen and oxygen atoms in total. The number of morpholine rings is 1. The molecule has 5 heteroatoms. The zero-order valence-corrected chi connectivity index (χ0v) is 15.3. The number of nitrogens with zero attached hydrogens (tertiary/aromatic N) is 1. The van der Waals surface area contributed by atoms with Crippen molar-refractivity contribution in [2.75, 3.05) is 43.1 Å². The molecule has 0 aliphatic carbocycles. The highest BCUT2D eigenvalue weighted by Gasteiger charge is 2.14. The number of hydrogen-bond donors (Lipinski definition) is 2. The molecule has 138 valence electrons. The first-order valence-electron chi connectivity index (χ1n) is 9.24. The third-order valence-electron chi connectivity index (χ3n) is 4.60. The number of carbonyl (C=O) groups excluding carboxylic acids is 1. The maximum Gasteiger partial charge on any atom is 0.222 e. The van der Waals surface area contributed by atoms with Gasteiger partial charge in [0.25, 0.3) is 0 Å². The monoisotopic (exact) mass is 353 g/mol.